The van der Waals surface area contributed by atoms with Crippen LogP contribution in [0.5, 0.6) is 0 Å². The van der Waals surface area contributed by atoms with Gasteiger partial charge in [0.25, 0.3) is 5.91 Å². The summed E-state index contributed by atoms with van der Waals surface area (Å²) in [6, 6.07) is 11.0. The normalized spacial score (nSPS) is 14.0. The van der Waals surface area contributed by atoms with Crippen molar-refractivity contribution in [1.82, 2.24) is 5.32 Å². The maximum atomic E-state index is 13.7. The maximum absolute atomic E-state index is 13.7. The molecule has 108 valence electrons. The van der Waals surface area contributed by atoms with Gasteiger partial charge in [0.15, 0.2) is 0 Å². The van der Waals surface area contributed by atoms with Crippen LogP contribution >= 0.6 is 0 Å². The Kier molecular flexibility index (Phi) is 3.37. The highest BCUT2D eigenvalue weighted by Gasteiger charge is 2.23. The van der Waals surface area contributed by atoms with Gasteiger partial charge in [0.05, 0.1) is 0 Å². The third-order valence-electron chi connectivity index (χ3n) is 4.03. The van der Waals surface area contributed by atoms with E-state index in [-0.39, 0.29) is 17.5 Å². The van der Waals surface area contributed by atoms with Crippen molar-refractivity contribution in [2.45, 2.75) is 25.8 Å². The number of nitrogen functional groups attached to an aromatic ring is 1. The molecule has 2 aromatic rings. The van der Waals surface area contributed by atoms with Crippen LogP contribution in [0.25, 0.3) is 0 Å². The fourth-order valence-corrected chi connectivity index (χ4v) is 2.76. The summed E-state index contributed by atoms with van der Waals surface area (Å²) in [5.74, 6) is -0.728. The second kappa shape index (κ2) is 5.20. The van der Waals surface area contributed by atoms with Crippen LogP contribution in [0, 0.1) is 12.7 Å². The number of rotatable bonds is 2. The molecule has 21 heavy (non-hydrogen) atoms. The third kappa shape index (κ3) is 2.61. The van der Waals surface area contributed by atoms with E-state index in [0.717, 1.165) is 12.8 Å². The largest absolute Gasteiger partial charge is 0.398 e. The second-order valence-electron chi connectivity index (χ2n) is 5.52. The molecule has 0 unspecified atom stereocenters. The molecule has 3 N–H and O–H groups in total. The molecular formula is C17H17FN2O. The molecule has 0 bridgehead atoms. The standard InChI is InChI=1S/C17H17FN2O/c1-10-15(18)8-13(9-16(10)19)17(21)20-14-6-11-4-2-3-5-12(11)7-14/h2-5,8-9,14H,6-7,19H2,1H3,(H,20,21). The maximum Gasteiger partial charge on any atom is 0.251 e. The van der Waals surface area contributed by atoms with E-state index in [4.69, 9.17) is 5.73 Å². The van der Waals surface area contributed by atoms with Crippen LogP contribution < -0.4 is 11.1 Å². The second-order valence-corrected chi connectivity index (χ2v) is 5.52. The summed E-state index contributed by atoms with van der Waals surface area (Å²) in [6.45, 7) is 1.60. The van der Waals surface area contributed by atoms with Crippen molar-refractivity contribution < 1.29 is 9.18 Å². The van der Waals surface area contributed by atoms with E-state index in [2.05, 4.69) is 17.4 Å². The highest BCUT2D eigenvalue weighted by atomic mass is 19.1. The first kappa shape index (κ1) is 13.6. The number of fused-ring (bicyclic) bond motifs is 1. The third-order valence-corrected chi connectivity index (χ3v) is 4.03. The summed E-state index contributed by atoms with van der Waals surface area (Å²) >= 11 is 0. The van der Waals surface area contributed by atoms with Gasteiger partial charge in [-0.2, -0.15) is 0 Å². The molecule has 0 fully saturated rings. The molecule has 3 nitrogen and oxygen atoms in total. The Labute approximate surface area is 123 Å². The van der Waals surface area contributed by atoms with Crippen molar-refractivity contribution in [1.29, 1.82) is 0 Å². The van der Waals surface area contributed by atoms with E-state index in [1.54, 1.807) is 6.92 Å². The van der Waals surface area contributed by atoms with Crippen LogP contribution in [-0.4, -0.2) is 11.9 Å². The highest BCUT2D eigenvalue weighted by Crippen LogP contribution is 2.22. The Morgan fingerprint density at radius 1 is 1.24 bits per heavy atom. The molecule has 0 radical (unpaired) electrons. The number of halogens is 1. The summed E-state index contributed by atoms with van der Waals surface area (Å²) in [7, 11) is 0. The van der Waals surface area contributed by atoms with Gasteiger partial charge in [-0.25, -0.2) is 4.39 Å². The van der Waals surface area contributed by atoms with E-state index in [1.807, 2.05) is 12.1 Å². The Hall–Kier alpha value is -2.36. The van der Waals surface area contributed by atoms with Crippen molar-refractivity contribution in [2.24, 2.45) is 0 Å². The van der Waals surface area contributed by atoms with E-state index in [1.165, 1.54) is 23.3 Å². The van der Waals surface area contributed by atoms with Crippen molar-refractivity contribution in [2.75, 3.05) is 5.73 Å². The molecule has 1 aliphatic rings. The number of carbonyl (C=O) groups excluding carboxylic acids is 1. The summed E-state index contributed by atoms with van der Waals surface area (Å²) < 4.78 is 13.7. The van der Waals surface area contributed by atoms with Crippen molar-refractivity contribution in [3.8, 4) is 0 Å². The number of nitrogens with two attached hydrogens (primary N) is 1. The molecular weight excluding hydrogens is 267 g/mol. The van der Waals surface area contributed by atoms with E-state index < -0.39 is 5.82 Å². The van der Waals surface area contributed by atoms with Gasteiger partial charge in [0.2, 0.25) is 0 Å². The lowest BCUT2D eigenvalue weighted by atomic mass is 10.1. The van der Waals surface area contributed by atoms with Crippen molar-refractivity contribution in [3.05, 3.63) is 64.5 Å². The first-order valence-corrected chi connectivity index (χ1v) is 6.98. The number of carbonyl (C=O) groups is 1. The van der Waals surface area contributed by atoms with Gasteiger partial charge in [-0.3, -0.25) is 4.79 Å². The Morgan fingerprint density at radius 2 is 1.86 bits per heavy atom. The summed E-state index contributed by atoms with van der Waals surface area (Å²) in [6.07, 6.45) is 1.62. The zero-order valence-electron chi connectivity index (χ0n) is 11.8. The molecule has 0 saturated heterocycles. The smallest absolute Gasteiger partial charge is 0.251 e. The molecule has 0 aliphatic heterocycles. The summed E-state index contributed by atoms with van der Waals surface area (Å²) in [4.78, 5) is 12.2. The molecule has 0 aromatic heterocycles. The number of hydrogen-bond acceptors (Lipinski definition) is 2. The van der Waals surface area contributed by atoms with E-state index in [0.29, 0.717) is 11.3 Å². The van der Waals surface area contributed by atoms with E-state index >= 15 is 0 Å². The summed E-state index contributed by atoms with van der Waals surface area (Å²) in [5.41, 5.74) is 9.18. The zero-order valence-corrected chi connectivity index (χ0v) is 11.8. The van der Waals surface area contributed by atoms with Gasteiger partial charge >= 0.3 is 0 Å². The Balaban J connectivity index is 1.74. The molecule has 3 rings (SSSR count). The van der Waals surface area contributed by atoms with Gasteiger partial charge in [0.1, 0.15) is 5.82 Å². The van der Waals surface area contributed by atoms with Gasteiger partial charge in [-0.15, -0.1) is 0 Å². The monoisotopic (exact) mass is 284 g/mol. The topological polar surface area (TPSA) is 55.1 Å². The van der Waals surface area contributed by atoms with Crippen LogP contribution in [-0.2, 0) is 12.8 Å². The minimum Gasteiger partial charge on any atom is -0.398 e. The lowest BCUT2D eigenvalue weighted by Crippen LogP contribution is -2.35. The zero-order chi connectivity index (χ0) is 15.0. The molecule has 0 heterocycles. The molecule has 2 aromatic carbocycles. The molecule has 4 heteroatoms. The van der Waals surface area contributed by atoms with Crippen LogP contribution in [0.15, 0.2) is 36.4 Å². The molecule has 1 aliphatic carbocycles. The fourth-order valence-electron chi connectivity index (χ4n) is 2.76. The van der Waals surface area contributed by atoms with Crippen LogP contribution in [0.2, 0.25) is 0 Å². The Morgan fingerprint density at radius 3 is 2.43 bits per heavy atom. The summed E-state index contributed by atoms with van der Waals surface area (Å²) in [5, 5.41) is 2.95. The number of anilines is 1. The number of benzene rings is 2. The minimum atomic E-state index is -0.449. The predicted molar refractivity (Wildman–Crippen MR) is 80.7 cm³/mol. The first-order chi connectivity index (χ1) is 10.0. The first-order valence-electron chi connectivity index (χ1n) is 6.98. The lowest BCUT2D eigenvalue weighted by Gasteiger charge is -2.13. The number of amides is 1. The van der Waals surface area contributed by atoms with Crippen molar-refractivity contribution >= 4 is 11.6 Å². The van der Waals surface area contributed by atoms with E-state index in [9.17, 15) is 9.18 Å². The van der Waals surface area contributed by atoms with Crippen LogP contribution in [0.3, 0.4) is 0 Å². The average Bonchev–Trinajstić information content (AvgIpc) is 2.86. The fraction of sp³-hybridized carbons (Fsp3) is 0.235. The number of hydrogen-bond donors (Lipinski definition) is 2. The van der Waals surface area contributed by atoms with Crippen LogP contribution in [0.1, 0.15) is 27.0 Å². The molecule has 0 saturated carbocycles. The quantitative estimate of drug-likeness (QED) is 0.833. The molecule has 1 amide bonds. The minimum absolute atomic E-state index is 0.0560. The van der Waals surface area contributed by atoms with Crippen LogP contribution in [0.4, 0.5) is 10.1 Å². The Bertz CT molecular complexity index is 664. The molecule has 0 atom stereocenters. The van der Waals surface area contributed by atoms with Gasteiger partial charge in [-0.1, -0.05) is 24.3 Å². The SMILES string of the molecule is Cc1c(N)cc(C(=O)NC2Cc3ccccc3C2)cc1F. The average molecular weight is 284 g/mol. The van der Waals surface area contributed by atoms with Gasteiger partial charge in [-0.05, 0) is 43.0 Å². The number of nitrogens with one attached hydrogen (secondary N) is 1. The molecule has 0 spiro atoms. The van der Waals surface area contributed by atoms with Crippen molar-refractivity contribution in [3.63, 3.8) is 0 Å². The van der Waals surface area contributed by atoms with Gasteiger partial charge < -0.3 is 11.1 Å². The van der Waals surface area contributed by atoms with Gasteiger partial charge in [0, 0.05) is 22.9 Å². The lowest BCUT2D eigenvalue weighted by molar-refractivity contribution is 0.0938. The predicted octanol–water partition coefficient (Wildman–Crippen LogP) is 2.61. The highest BCUT2D eigenvalue weighted by molar-refractivity contribution is 5.95.